The second-order valence-corrected chi connectivity index (χ2v) is 3.91. The fourth-order valence-corrected chi connectivity index (χ4v) is 1.32. The van der Waals surface area contributed by atoms with Gasteiger partial charge in [-0.3, -0.25) is 4.79 Å². The molecule has 0 unspecified atom stereocenters. The number of pyridine rings is 1. The van der Waals surface area contributed by atoms with E-state index in [1.807, 2.05) is 19.9 Å². The predicted molar refractivity (Wildman–Crippen MR) is 65.3 cm³/mol. The summed E-state index contributed by atoms with van der Waals surface area (Å²) in [6.07, 6.45) is 1.97. The smallest absolute Gasteiger partial charge is 0.221 e. The lowest BCUT2D eigenvalue weighted by Crippen LogP contribution is -2.31. The second-order valence-electron chi connectivity index (χ2n) is 3.91. The first kappa shape index (κ1) is 13.0. The summed E-state index contributed by atoms with van der Waals surface area (Å²) in [6.45, 7) is 4.29. The molecule has 0 aromatic carbocycles. The Morgan fingerprint density at radius 2 is 2.35 bits per heavy atom. The van der Waals surface area contributed by atoms with Crippen LogP contribution in [0.25, 0.3) is 0 Å². The van der Waals surface area contributed by atoms with E-state index in [-0.39, 0.29) is 11.9 Å². The largest absolute Gasteiger partial charge is 0.368 e. The Morgan fingerprint density at radius 3 is 3.00 bits per heavy atom. The Balaban J connectivity index is 2.41. The van der Waals surface area contributed by atoms with Crippen molar-refractivity contribution in [2.24, 2.45) is 0 Å². The van der Waals surface area contributed by atoms with Gasteiger partial charge in [-0.25, -0.2) is 4.98 Å². The highest BCUT2D eigenvalue weighted by Gasteiger charge is 2.04. The molecule has 0 saturated heterocycles. The molecular weight excluding hydrogens is 216 g/mol. The molecule has 1 heterocycles. The van der Waals surface area contributed by atoms with Crippen LogP contribution in [0.1, 0.15) is 25.8 Å². The van der Waals surface area contributed by atoms with Crippen LogP contribution in [0, 0.1) is 11.3 Å². The number of carbonyl (C=O) groups is 1. The molecule has 5 nitrogen and oxygen atoms in total. The monoisotopic (exact) mass is 232 g/mol. The van der Waals surface area contributed by atoms with E-state index in [0.717, 1.165) is 0 Å². The topological polar surface area (TPSA) is 77.8 Å². The number of amides is 1. The van der Waals surface area contributed by atoms with Crippen LogP contribution >= 0.6 is 0 Å². The van der Waals surface area contributed by atoms with Gasteiger partial charge in [0.05, 0.1) is 5.56 Å². The van der Waals surface area contributed by atoms with Crippen LogP contribution in [0.3, 0.4) is 0 Å². The van der Waals surface area contributed by atoms with Gasteiger partial charge in [0, 0.05) is 25.2 Å². The fraction of sp³-hybridized carbons (Fsp3) is 0.417. The van der Waals surface area contributed by atoms with Gasteiger partial charge >= 0.3 is 0 Å². The maximum absolute atomic E-state index is 11.4. The van der Waals surface area contributed by atoms with E-state index in [4.69, 9.17) is 5.26 Å². The van der Waals surface area contributed by atoms with Crippen molar-refractivity contribution < 1.29 is 4.79 Å². The quantitative estimate of drug-likeness (QED) is 0.801. The molecule has 0 saturated carbocycles. The van der Waals surface area contributed by atoms with Crippen molar-refractivity contribution in [1.82, 2.24) is 10.3 Å². The Kier molecular flexibility index (Phi) is 4.95. The summed E-state index contributed by atoms with van der Waals surface area (Å²) in [7, 11) is 0. The molecule has 0 aliphatic rings. The van der Waals surface area contributed by atoms with E-state index >= 15 is 0 Å². The van der Waals surface area contributed by atoms with Crippen LogP contribution < -0.4 is 10.6 Å². The Labute approximate surface area is 101 Å². The summed E-state index contributed by atoms with van der Waals surface area (Å²) >= 11 is 0. The summed E-state index contributed by atoms with van der Waals surface area (Å²) in [5.41, 5.74) is 0.483. The van der Waals surface area contributed by atoms with E-state index in [1.165, 1.54) is 0 Å². The average molecular weight is 232 g/mol. The first-order valence-electron chi connectivity index (χ1n) is 5.52. The third kappa shape index (κ3) is 4.51. The standard InChI is InChI=1S/C12H16N4O/c1-9(2)16-11(17)5-7-15-12-10(8-13)4-3-6-14-12/h3-4,6,9H,5,7H2,1-2H3,(H,14,15)(H,16,17). The Morgan fingerprint density at radius 1 is 1.59 bits per heavy atom. The minimum absolute atomic E-state index is 0.0121. The van der Waals surface area contributed by atoms with Crippen LogP contribution in [0.2, 0.25) is 0 Å². The first-order valence-corrected chi connectivity index (χ1v) is 5.52. The molecule has 5 heteroatoms. The normalized spacial score (nSPS) is 9.76. The molecule has 1 rings (SSSR count). The molecule has 90 valence electrons. The number of hydrogen-bond donors (Lipinski definition) is 2. The average Bonchev–Trinajstić information content (AvgIpc) is 2.28. The van der Waals surface area contributed by atoms with Crippen molar-refractivity contribution in [2.45, 2.75) is 26.3 Å². The highest BCUT2D eigenvalue weighted by Crippen LogP contribution is 2.08. The molecule has 0 aliphatic carbocycles. The van der Waals surface area contributed by atoms with E-state index in [2.05, 4.69) is 15.6 Å². The number of nitrogens with zero attached hydrogens (tertiary/aromatic N) is 2. The highest BCUT2D eigenvalue weighted by molar-refractivity contribution is 5.76. The van der Waals surface area contributed by atoms with E-state index in [0.29, 0.717) is 24.3 Å². The van der Waals surface area contributed by atoms with Crippen molar-refractivity contribution >= 4 is 11.7 Å². The number of aromatic nitrogens is 1. The van der Waals surface area contributed by atoms with Crippen molar-refractivity contribution in [2.75, 3.05) is 11.9 Å². The van der Waals surface area contributed by atoms with E-state index < -0.39 is 0 Å². The van der Waals surface area contributed by atoms with Gasteiger partial charge in [-0.15, -0.1) is 0 Å². The molecule has 0 bridgehead atoms. The van der Waals surface area contributed by atoms with Crippen molar-refractivity contribution in [1.29, 1.82) is 5.26 Å². The third-order valence-corrected chi connectivity index (χ3v) is 2.02. The molecule has 1 aromatic heterocycles. The van der Waals surface area contributed by atoms with Crippen LogP contribution in [-0.4, -0.2) is 23.5 Å². The van der Waals surface area contributed by atoms with Gasteiger partial charge in [0.15, 0.2) is 0 Å². The van der Waals surface area contributed by atoms with Gasteiger partial charge in [-0.1, -0.05) is 0 Å². The van der Waals surface area contributed by atoms with E-state index in [9.17, 15) is 4.79 Å². The van der Waals surface area contributed by atoms with Gasteiger partial charge in [0.1, 0.15) is 11.9 Å². The number of nitrogens with one attached hydrogen (secondary N) is 2. The maximum atomic E-state index is 11.4. The van der Waals surface area contributed by atoms with Crippen LogP contribution in [0.4, 0.5) is 5.82 Å². The minimum Gasteiger partial charge on any atom is -0.368 e. The molecule has 0 radical (unpaired) electrons. The molecule has 17 heavy (non-hydrogen) atoms. The Bertz CT molecular complexity index is 423. The molecule has 2 N–H and O–H groups in total. The van der Waals surface area contributed by atoms with Gasteiger partial charge < -0.3 is 10.6 Å². The fourth-order valence-electron chi connectivity index (χ4n) is 1.32. The first-order chi connectivity index (χ1) is 8.13. The number of carbonyl (C=O) groups excluding carboxylic acids is 1. The lowest BCUT2D eigenvalue weighted by molar-refractivity contribution is -0.121. The van der Waals surface area contributed by atoms with Gasteiger partial charge in [-0.2, -0.15) is 5.26 Å². The predicted octanol–water partition coefficient (Wildman–Crippen LogP) is 1.28. The molecule has 0 fully saturated rings. The lowest BCUT2D eigenvalue weighted by Gasteiger charge is -2.09. The van der Waals surface area contributed by atoms with E-state index in [1.54, 1.807) is 18.3 Å². The number of rotatable bonds is 5. The zero-order chi connectivity index (χ0) is 12.7. The summed E-state index contributed by atoms with van der Waals surface area (Å²) < 4.78 is 0. The zero-order valence-electron chi connectivity index (χ0n) is 10.0. The number of anilines is 1. The van der Waals surface area contributed by atoms with Crippen LogP contribution in [-0.2, 0) is 4.79 Å². The second kappa shape index (κ2) is 6.48. The highest BCUT2D eigenvalue weighted by atomic mass is 16.1. The van der Waals surface area contributed by atoms with Gasteiger partial charge in [0.2, 0.25) is 5.91 Å². The van der Waals surface area contributed by atoms with Crippen molar-refractivity contribution in [3.63, 3.8) is 0 Å². The van der Waals surface area contributed by atoms with Crippen LogP contribution in [0.5, 0.6) is 0 Å². The minimum atomic E-state index is -0.0121. The Hall–Kier alpha value is -2.09. The summed E-state index contributed by atoms with van der Waals surface area (Å²) in [5.74, 6) is 0.509. The van der Waals surface area contributed by atoms with Crippen molar-refractivity contribution in [3.05, 3.63) is 23.9 Å². The molecule has 1 amide bonds. The summed E-state index contributed by atoms with van der Waals surface area (Å²) in [5, 5.41) is 14.6. The number of nitriles is 1. The van der Waals surface area contributed by atoms with Gasteiger partial charge in [-0.05, 0) is 26.0 Å². The molecule has 0 spiro atoms. The summed E-state index contributed by atoms with van der Waals surface area (Å²) in [4.78, 5) is 15.4. The maximum Gasteiger partial charge on any atom is 0.221 e. The molecule has 0 aliphatic heterocycles. The van der Waals surface area contributed by atoms with Gasteiger partial charge in [0.25, 0.3) is 0 Å². The lowest BCUT2D eigenvalue weighted by atomic mass is 10.2. The number of hydrogen-bond acceptors (Lipinski definition) is 4. The molecule has 1 aromatic rings. The molecule has 0 atom stereocenters. The summed E-state index contributed by atoms with van der Waals surface area (Å²) in [6, 6.07) is 5.57. The SMILES string of the molecule is CC(C)NC(=O)CCNc1ncccc1C#N. The third-order valence-electron chi connectivity index (χ3n) is 2.02. The zero-order valence-corrected chi connectivity index (χ0v) is 10.0. The van der Waals surface area contributed by atoms with Crippen LogP contribution in [0.15, 0.2) is 18.3 Å². The van der Waals surface area contributed by atoms with Crippen molar-refractivity contribution in [3.8, 4) is 6.07 Å². The molecular formula is C12H16N4O.